The van der Waals surface area contributed by atoms with Gasteiger partial charge >= 0.3 is 6.09 Å². The molecule has 0 aliphatic heterocycles. The molecule has 0 saturated heterocycles. The Morgan fingerprint density at radius 1 is 1.29 bits per heavy atom. The smallest absolute Gasteiger partial charge is 0.405 e. The molecule has 0 radical (unpaired) electrons. The summed E-state index contributed by atoms with van der Waals surface area (Å²) in [7, 11) is 0. The van der Waals surface area contributed by atoms with Crippen LogP contribution in [-0.2, 0) is 0 Å². The van der Waals surface area contributed by atoms with Gasteiger partial charge in [-0.15, -0.1) is 0 Å². The Bertz CT molecular complexity index is 599. The molecule has 8 heteroatoms. The summed E-state index contributed by atoms with van der Waals surface area (Å²) in [6, 6.07) is 0. The third-order valence-corrected chi connectivity index (χ3v) is 4.85. The van der Waals surface area contributed by atoms with Crippen molar-refractivity contribution in [1.82, 2.24) is 15.3 Å². The van der Waals surface area contributed by atoms with Gasteiger partial charge in [0.25, 0.3) is 0 Å². The molecule has 1 aromatic rings. The highest BCUT2D eigenvalue weighted by atomic mass is 35.5. The zero-order valence-electron chi connectivity index (χ0n) is 11.2. The van der Waals surface area contributed by atoms with Crippen molar-refractivity contribution >= 4 is 29.8 Å². The third-order valence-electron chi connectivity index (χ3n) is 4.55. The standard InChI is InChI=1S/C13H15ClN4O3/c14-9-8(5-19)10(16-7-15-9)17-12-1-3-13(6-12,4-2-12)18-11(20)21/h5,7,18H,1-4,6H2,(H,20,21)(H,15,16,17). The van der Waals surface area contributed by atoms with Crippen LogP contribution in [-0.4, -0.2) is 38.5 Å². The molecule has 0 atom stereocenters. The van der Waals surface area contributed by atoms with Gasteiger partial charge in [0.15, 0.2) is 6.29 Å². The van der Waals surface area contributed by atoms with E-state index in [1.54, 1.807) is 0 Å². The lowest BCUT2D eigenvalue weighted by molar-refractivity contribution is 0.112. The van der Waals surface area contributed by atoms with Crippen molar-refractivity contribution in [2.45, 2.75) is 43.2 Å². The van der Waals surface area contributed by atoms with Gasteiger partial charge in [0.05, 0.1) is 5.56 Å². The zero-order valence-corrected chi connectivity index (χ0v) is 12.0. The van der Waals surface area contributed by atoms with E-state index in [1.807, 2.05) is 0 Å². The van der Waals surface area contributed by atoms with Crippen molar-refractivity contribution in [2.24, 2.45) is 0 Å². The fourth-order valence-electron chi connectivity index (χ4n) is 3.60. The molecule has 2 saturated carbocycles. The van der Waals surface area contributed by atoms with Crippen LogP contribution in [0.1, 0.15) is 42.5 Å². The highest BCUT2D eigenvalue weighted by molar-refractivity contribution is 6.32. The third kappa shape index (κ3) is 2.42. The summed E-state index contributed by atoms with van der Waals surface area (Å²) in [4.78, 5) is 30.0. The van der Waals surface area contributed by atoms with Crippen molar-refractivity contribution in [1.29, 1.82) is 0 Å². The van der Waals surface area contributed by atoms with Gasteiger partial charge in [0, 0.05) is 11.1 Å². The molecule has 112 valence electrons. The van der Waals surface area contributed by atoms with E-state index in [1.165, 1.54) is 6.33 Å². The minimum atomic E-state index is -0.994. The Morgan fingerprint density at radius 3 is 2.57 bits per heavy atom. The van der Waals surface area contributed by atoms with E-state index in [2.05, 4.69) is 20.6 Å². The van der Waals surface area contributed by atoms with Crippen LogP contribution in [0.5, 0.6) is 0 Å². The lowest BCUT2D eigenvalue weighted by Crippen LogP contribution is -2.44. The summed E-state index contributed by atoms with van der Waals surface area (Å²) in [5, 5.41) is 15.0. The summed E-state index contributed by atoms with van der Waals surface area (Å²) in [5.41, 5.74) is -0.362. The van der Waals surface area contributed by atoms with Crippen molar-refractivity contribution in [3.8, 4) is 0 Å². The highest BCUT2D eigenvalue weighted by Crippen LogP contribution is 2.52. The van der Waals surface area contributed by atoms with Crippen LogP contribution in [0.3, 0.4) is 0 Å². The van der Waals surface area contributed by atoms with Gasteiger partial charge in [-0.25, -0.2) is 14.8 Å². The minimum absolute atomic E-state index is 0.116. The molecule has 0 unspecified atom stereocenters. The van der Waals surface area contributed by atoms with Gasteiger partial charge in [-0.05, 0) is 32.1 Å². The van der Waals surface area contributed by atoms with Gasteiger partial charge in [0.2, 0.25) is 0 Å². The van der Waals surface area contributed by atoms with Gasteiger partial charge in [-0.3, -0.25) is 4.79 Å². The normalized spacial score (nSPS) is 30.1. The molecular weight excluding hydrogens is 296 g/mol. The molecule has 1 heterocycles. The second-order valence-electron chi connectivity index (χ2n) is 5.84. The van der Waals surface area contributed by atoms with Crippen LogP contribution in [0, 0.1) is 0 Å². The maximum Gasteiger partial charge on any atom is 0.405 e. The SMILES string of the molecule is O=Cc1c(Cl)ncnc1NC12CCC(NC(=O)O)(CC1)C2. The highest BCUT2D eigenvalue weighted by Gasteiger charge is 2.55. The van der Waals surface area contributed by atoms with E-state index >= 15 is 0 Å². The number of amides is 1. The van der Waals surface area contributed by atoms with Crippen molar-refractivity contribution in [3.05, 3.63) is 17.0 Å². The van der Waals surface area contributed by atoms with E-state index in [0.717, 1.165) is 25.7 Å². The van der Waals surface area contributed by atoms with Gasteiger partial charge < -0.3 is 15.7 Å². The Hall–Kier alpha value is -1.89. The van der Waals surface area contributed by atoms with E-state index < -0.39 is 6.09 Å². The predicted octanol–water partition coefficient (Wildman–Crippen LogP) is 2.08. The fourth-order valence-corrected chi connectivity index (χ4v) is 3.78. The summed E-state index contributed by atoms with van der Waals surface area (Å²) in [6.45, 7) is 0. The average Bonchev–Trinajstić information content (AvgIpc) is 2.93. The van der Waals surface area contributed by atoms with E-state index in [4.69, 9.17) is 16.7 Å². The van der Waals surface area contributed by atoms with Crippen LogP contribution >= 0.6 is 11.6 Å². The Morgan fingerprint density at radius 2 is 1.95 bits per heavy atom. The van der Waals surface area contributed by atoms with Crippen molar-refractivity contribution in [3.63, 3.8) is 0 Å². The van der Waals surface area contributed by atoms with Crippen LogP contribution < -0.4 is 10.6 Å². The molecule has 0 spiro atoms. The number of nitrogens with zero attached hydrogens (tertiary/aromatic N) is 2. The first-order chi connectivity index (χ1) is 9.98. The number of carboxylic acid groups (broad SMARTS) is 1. The number of halogens is 1. The first-order valence-corrected chi connectivity index (χ1v) is 7.10. The maximum absolute atomic E-state index is 11.1. The van der Waals surface area contributed by atoms with Crippen LogP contribution in [0.4, 0.5) is 10.6 Å². The van der Waals surface area contributed by atoms with Crippen molar-refractivity contribution in [2.75, 3.05) is 5.32 Å². The minimum Gasteiger partial charge on any atom is -0.465 e. The van der Waals surface area contributed by atoms with Crippen LogP contribution in [0.2, 0.25) is 5.15 Å². The Labute approximate surface area is 126 Å². The van der Waals surface area contributed by atoms with Crippen molar-refractivity contribution < 1.29 is 14.7 Å². The topological polar surface area (TPSA) is 104 Å². The number of nitrogens with one attached hydrogen (secondary N) is 2. The molecule has 7 nitrogen and oxygen atoms in total. The Kier molecular flexibility index (Phi) is 3.24. The van der Waals surface area contributed by atoms with E-state index in [9.17, 15) is 9.59 Å². The number of fused-ring (bicyclic) bond motifs is 2. The number of anilines is 1. The summed E-state index contributed by atoms with van der Waals surface area (Å²) in [6.07, 6.45) is 4.84. The first-order valence-electron chi connectivity index (χ1n) is 6.73. The zero-order chi connectivity index (χ0) is 15.1. The molecule has 1 amide bonds. The number of rotatable bonds is 4. The quantitative estimate of drug-likeness (QED) is 0.581. The summed E-state index contributed by atoms with van der Waals surface area (Å²) in [5.74, 6) is 0.415. The van der Waals surface area contributed by atoms with Gasteiger partial charge in [0.1, 0.15) is 17.3 Å². The molecule has 0 aromatic carbocycles. The molecular formula is C13H15ClN4O3. The molecule has 3 N–H and O–H groups in total. The number of hydrogen-bond acceptors (Lipinski definition) is 5. The summed E-state index contributed by atoms with van der Waals surface area (Å²) >= 11 is 5.90. The molecule has 2 aliphatic carbocycles. The molecule has 1 aromatic heterocycles. The monoisotopic (exact) mass is 310 g/mol. The second kappa shape index (κ2) is 4.84. The lowest BCUT2D eigenvalue weighted by atomic mass is 9.91. The van der Waals surface area contributed by atoms with Crippen LogP contribution in [0.15, 0.2) is 6.33 Å². The number of hydrogen-bond donors (Lipinski definition) is 3. The summed E-state index contributed by atoms with van der Waals surface area (Å²) < 4.78 is 0. The van der Waals surface area contributed by atoms with Crippen LogP contribution in [0.25, 0.3) is 0 Å². The van der Waals surface area contributed by atoms with Gasteiger partial charge in [-0.1, -0.05) is 11.6 Å². The molecule has 2 aliphatic rings. The number of carbonyl (C=O) groups is 2. The maximum atomic E-state index is 11.1. The number of carbonyl (C=O) groups excluding carboxylic acids is 1. The predicted molar refractivity (Wildman–Crippen MR) is 75.8 cm³/mol. The largest absolute Gasteiger partial charge is 0.465 e. The molecule has 2 fully saturated rings. The number of aromatic nitrogens is 2. The molecule has 2 bridgehead atoms. The fraction of sp³-hybridized carbons (Fsp3) is 0.538. The average molecular weight is 311 g/mol. The van der Waals surface area contributed by atoms with E-state index in [-0.39, 0.29) is 21.8 Å². The molecule has 21 heavy (non-hydrogen) atoms. The van der Waals surface area contributed by atoms with E-state index in [0.29, 0.717) is 18.5 Å². The lowest BCUT2D eigenvalue weighted by Gasteiger charge is -2.29. The first kappa shape index (κ1) is 14.1. The Balaban J connectivity index is 1.83. The molecule has 3 rings (SSSR count). The van der Waals surface area contributed by atoms with Gasteiger partial charge in [-0.2, -0.15) is 0 Å². The second-order valence-corrected chi connectivity index (χ2v) is 6.20. The number of aldehydes is 1.